The van der Waals surface area contributed by atoms with E-state index in [1.165, 1.54) is 0 Å². The number of oxime groups is 1. The maximum Gasteiger partial charge on any atom is 0.231 e. The first-order valence-corrected chi connectivity index (χ1v) is 9.83. The van der Waals surface area contributed by atoms with Crippen molar-refractivity contribution in [1.29, 1.82) is 0 Å². The van der Waals surface area contributed by atoms with Crippen LogP contribution in [0.4, 0.5) is 10.2 Å². The molecule has 1 aliphatic rings. The van der Waals surface area contributed by atoms with Gasteiger partial charge in [0.2, 0.25) is 5.91 Å². The summed E-state index contributed by atoms with van der Waals surface area (Å²) in [6.45, 7) is 3.64. The van der Waals surface area contributed by atoms with Gasteiger partial charge in [-0.25, -0.2) is 14.4 Å². The summed E-state index contributed by atoms with van der Waals surface area (Å²) in [4.78, 5) is 25.3. The zero-order valence-corrected chi connectivity index (χ0v) is 16.9. The van der Waals surface area contributed by atoms with Crippen LogP contribution in [0, 0.1) is 12.8 Å². The molecule has 0 radical (unpaired) electrons. The van der Waals surface area contributed by atoms with Gasteiger partial charge in [-0.1, -0.05) is 5.16 Å². The van der Waals surface area contributed by atoms with E-state index in [-0.39, 0.29) is 12.3 Å². The second kappa shape index (κ2) is 7.12. The van der Waals surface area contributed by atoms with Crippen molar-refractivity contribution >= 4 is 34.0 Å². The number of imidazole rings is 1. The van der Waals surface area contributed by atoms with Crippen molar-refractivity contribution in [2.45, 2.75) is 26.4 Å². The molecular formula is C22H19FN6O2. The zero-order valence-electron chi connectivity index (χ0n) is 16.9. The lowest BCUT2D eigenvalue weighted by molar-refractivity contribution is -0.117. The van der Waals surface area contributed by atoms with E-state index < -0.39 is 12.1 Å². The number of aryl methyl sites for hydroxylation is 1. The lowest BCUT2D eigenvalue weighted by Crippen LogP contribution is -2.16. The minimum atomic E-state index is -1.06. The number of nitrogens with zero attached hydrogens (tertiary/aromatic N) is 5. The number of hydrogen-bond donors (Lipinski definition) is 2. The maximum absolute atomic E-state index is 13.2. The fourth-order valence-corrected chi connectivity index (χ4v) is 3.70. The van der Waals surface area contributed by atoms with Crippen molar-refractivity contribution in [3.8, 4) is 11.1 Å². The van der Waals surface area contributed by atoms with E-state index in [4.69, 9.17) is 5.21 Å². The van der Waals surface area contributed by atoms with Gasteiger partial charge < -0.3 is 10.5 Å². The summed E-state index contributed by atoms with van der Waals surface area (Å²) in [7, 11) is 0. The van der Waals surface area contributed by atoms with Crippen LogP contribution in [-0.2, 0) is 4.79 Å². The number of nitrogens with one attached hydrogen (secondary N) is 1. The normalized spacial score (nSPS) is 18.5. The predicted molar refractivity (Wildman–Crippen MR) is 114 cm³/mol. The van der Waals surface area contributed by atoms with Crippen LogP contribution >= 0.6 is 0 Å². The molecule has 2 N–H and O–H groups in total. The van der Waals surface area contributed by atoms with Gasteiger partial charge in [-0.3, -0.25) is 14.2 Å². The van der Waals surface area contributed by atoms with Gasteiger partial charge in [0.15, 0.2) is 0 Å². The Morgan fingerprint density at radius 1 is 1.23 bits per heavy atom. The highest BCUT2D eigenvalue weighted by molar-refractivity contribution is 5.99. The number of anilines is 1. The van der Waals surface area contributed by atoms with Crippen LogP contribution in [0.3, 0.4) is 0 Å². The highest BCUT2D eigenvalue weighted by atomic mass is 19.1. The molecule has 9 heteroatoms. The van der Waals surface area contributed by atoms with Gasteiger partial charge in [0.1, 0.15) is 23.3 Å². The Bertz CT molecular complexity index is 1380. The molecule has 4 aromatic heterocycles. The third kappa shape index (κ3) is 3.27. The second-order valence-electron chi connectivity index (χ2n) is 7.72. The first-order valence-electron chi connectivity index (χ1n) is 9.83. The molecule has 0 saturated heterocycles. The van der Waals surface area contributed by atoms with Crippen molar-refractivity contribution < 1.29 is 14.4 Å². The molecule has 0 bridgehead atoms. The minimum Gasteiger partial charge on any atom is -0.411 e. The Morgan fingerprint density at radius 2 is 2.03 bits per heavy atom. The van der Waals surface area contributed by atoms with Crippen LogP contribution in [0.5, 0.6) is 0 Å². The Kier molecular flexibility index (Phi) is 4.39. The third-order valence-corrected chi connectivity index (χ3v) is 5.58. The van der Waals surface area contributed by atoms with Gasteiger partial charge in [0.05, 0.1) is 17.1 Å². The van der Waals surface area contributed by atoms with Gasteiger partial charge >= 0.3 is 0 Å². The summed E-state index contributed by atoms with van der Waals surface area (Å²) >= 11 is 0. The first kappa shape index (κ1) is 19.1. The van der Waals surface area contributed by atoms with E-state index in [0.717, 1.165) is 33.2 Å². The highest BCUT2D eigenvalue weighted by Gasteiger charge is 2.43. The molecular weight excluding hydrogens is 399 g/mol. The second-order valence-corrected chi connectivity index (χ2v) is 7.72. The van der Waals surface area contributed by atoms with Crippen molar-refractivity contribution in [3.63, 3.8) is 0 Å². The number of halogens is 1. The summed E-state index contributed by atoms with van der Waals surface area (Å²) in [5.41, 5.74) is 5.31. The number of rotatable bonds is 4. The number of amides is 1. The van der Waals surface area contributed by atoms with Gasteiger partial charge in [0.25, 0.3) is 0 Å². The Morgan fingerprint density at radius 3 is 2.74 bits per heavy atom. The molecule has 5 rings (SSSR count). The number of aromatic nitrogens is 4. The van der Waals surface area contributed by atoms with E-state index in [9.17, 15) is 9.18 Å². The lowest BCUT2D eigenvalue weighted by atomic mass is 10.0. The number of pyridine rings is 3. The number of fused-ring (bicyclic) bond motifs is 3. The summed E-state index contributed by atoms with van der Waals surface area (Å²) in [5.74, 6) is -0.548. The van der Waals surface area contributed by atoms with E-state index in [1.807, 2.05) is 29.7 Å². The van der Waals surface area contributed by atoms with Gasteiger partial charge in [-0.15, -0.1) is 0 Å². The average molecular weight is 418 g/mol. The third-order valence-electron chi connectivity index (χ3n) is 5.58. The molecule has 0 spiro atoms. The van der Waals surface area contributed by atoms with E-state index in [0.29, 0.717) is 17.2 Å². The smallest absolute Gasteiger partial charge is 0.231 e. The predicted octanol–water partition coefficient (Wildman–Crippen LogP) is 3.75. The fraction of sp³-hybridized carbons (Fsp3) is 0.227. The van der Waals surface area contributed by atoms with Crippen LogP contribution < -0.4 is 5.32 Å². The largest absolute Gasteiger partial charge is 0.411 e. The molecule has 0 aliphatic heterocycles. The van der Waals surface area contributed by atoms with Crippen molar-refractivity contribution in [3.05, 3.63) is 54.2 Å². The van der Waals surface area contributed by atoms with Crippen molar-refractivity contribution in [2.75, 3.05) is 5.32 Å². The molecule has 156 valence electrons. The summed E-state index contributed by atoms with van der Waals surface area (Å²) in [5, 5.41) is 15.8. The Hall–Kier alpha value is -3.88. The van der Waals surface area contributed by atoms with Crippen LogP contribution in [0.1, 0.15) is 24.6 Å². The number of carbonyl (C=O) groups is 1. The first-order chi connectivity index (χ1) is 15.0. The van der Waals surface area contributed by atoms with Crippen molar-refractivity contribution in [2.24, 2.45) is 11.1 Å². The standard InChI is InChI=1S/C22H19FN6O2/c1-11-5-18(12(2)28-31)25-10-16(11)14-6-13-9-26-20(27-22(30)15-7-17(15)23)8-19(13)29-4-3-24-21(14)29/h3-6,8-10,15,17,31H,7H2,1-2H3,(H,26,27,30)/b28-12-/t15-,17?/m0/s1. The number of hydrogen-bond acceptors (Lipinski definition) is 6. The quantitative estimate of drug-likeness (QED) is 0.298. The lowest BCUT2D eigenvalue weighted by Gasteiger charge is -2.12. The highest BCUT2D eigenvalue weighted by Crippen LogP contribution is 2.35. The van der Waals surface area contributed by atoms with Crippen molar-refractivity contribution in [1.82, 2.24) is 19.4 Å². The summed E-state index contributed by atoms with van der Waals surface area (Å²) < 4.78 is 15.1. The maximum atomic E-state index is 13.2. The molecule has 2 atom stereocenters. The summed E-state index contributed by atoms with van der Waals surface area (Å²) in [6.07, 6.45) is 6.16. The van der Waals surface area contributed by atoms with Crippen LogP contribution in [-0.4, -0.2) is 42.4 Å². The van der Waals surface area contributed by atoms with Gasteiger partial charge in [-0.2, -0.15) is 0 Å². The van der Waals surface area contributed by atoms with Crippen LogP contribution in [0.15, 0.2) is 48.1 Å². The SMILES string of the molecule is C/C(=N/O)c1cc(C)c(-c2cc3cnc(NC(=O)[C@H]4CC4F)cc3n3ccnc23)cn1. The van der Waals surface area contributed by atoms with E-state index >= 15 is 0 Å². The average Bonchev–Trinajstić information content (AvgIpc) is 3.30. The fourth-order valence-electron chi connectivity index (χ4n) is 3.70. The molecule has 1 unspecified atom stereocenters. The molecule has 8 nitrogen and oxygen atoms in total. The molecule has 0 aromatic carbocycles. The van der Waals surface area contributed by atoms with E-state index in [2.05, 4.69) is 25.4 Å². The van der Waals surface area contributed by atoms with E-state index in [1.54, 1.807) is 31.6 Å². The van der Waals surface area contributed by atoms with Gasteiger partial charge in [-0.05, 0) is 38.0 Å². The number of alkyl halides is 1. The molecule has 1 fully saturated rings. The molecule has 1 amide bonds. The topological polar surface area (TPSA) is 105 Å². The summed E-state index contributed by atoms with van der Waals surface area (Å²) in [6, 6.07) is 5.60. The molecule has 1 saturated carbocycles. The molecule has 4 heterocycles. The molecule has 4 aromatic rings. The molecule has 1 aliphatic carbocycles. The minimum absolute atomic E-state index is 0.268. The molecule has 31 heavy (non-hydrogen) atoms. The Balaban J connectivity index is 1.60. The van der Waals surface area contributed by atoms with Crippen LogP contribution in [0.2, 0.25) is 0 Å². The van der Waals surface area contributed by atoms with Crippen LogP contribution in [0.25, 0.3) is 27.7 Å². The monoisotopic (exact) mass is 418 g/mol. The zero-order chi connectivity index (χ0) is 21.7. The number of carbonyl (C=O) groups excluding carboxylic acids is 1. The van der Waals surface area contributed by atoms with Gasteiger partial charge in [0, 0.05) is 47.4 Å². The Labute approximate surface area is 176 Å².